The molecule has 0 amide bonds. The maximum Gasteiger partial charge on any atom is 1.00 e. The number of nitrogens with zero attached hydrogens (tertiary/aromatic N) is 2. The van der Waals surface area contributed by atoms with E-state index >= 15 is 0 Å². The van der Waals surface area contributed by atoms with Crippen LogP contribution in [-0.2, 0) is 19.2 Å². The number of hydrogen-bond acceptors (Lipinski definition) is 10. The molecule has 0 rings (SSSR count). The number of rotatable bonds is 19. The average molecular weight is 492 g/mol. The Morgan fingerprint density at radius 3 is 0.750 bits per heavy atom. The van der Waals surface area contributed by atoms with Crippen LogP contribution in [0.3, 0.4) is 0 Å². The molecular weight excluding hydrogens is 464 g/mol. The van der Waals surface area contributed by atoms with E-state index in [2.05, 4.69) is 0 Å². The van der Waals surface area contributed by atoms with Gasteiger partial charge < -0.3 is 49.4 Å². The standard InChI is InChI=1S/C18H32N2O8.4Na/c21-15(22)5-1-9-19(10-2-6-16(23)24)13-14-20(11-3-7-17(25)26)12-4-8-18(27)28;;;;/h1-14H2,(H,21,22)(H,23,24)(H,25,26)(H,27,28);;;;/q;4*+1/p-4. The van der Waals surface area contributed by atoms with Crippen molar-refractivity contribution >= 4 is 23.9 Å². The summed E-state index contributed by atoms with van der Waals surface area (Å²) in [5, 5.41) is 42.3. The van der Waals surface area contributed by atoms with Crippen LogP contribution in [0.5, 0.6) is 0 Å². The van der Waals surface area contributed by atoms with Gasteiger partial charge >= 0.3 is 118 Å². The normalized spacial score (nSPS) is 9.69. The molecule has 0 atom stereocenters. The minimum Gasteiger partial charge on any atom is -0.550 e. The van der Waals surface area contributed by atoms with E-state index in [1.54, 1.807) is 0 Å². The van der Waals surface area contributed by atoms with Crippen LogP contribution in [0.2, 0.25) is 0 Å². The Morgan fingerprint density at radius 2 is 0.594 bits per heavy atom. The molecule has 0 aromatic heterocycles. The molecule has 0 saturated carbocycles. The van der Waals surface area contributed by atoms with Crippen LogP contribution < -0.4 is 139 Å². The fourth-order valence-corrected chi connectivity index (χ4v) is 2.74. The summed E-state index contributed by atoms with van der Waals surface area (Å²) < 4.78 is 0. The van der Waals surface area contributed by atoms with Crippen molar-refractivity contribution in [3.8, 4) is 0 Å². The predicted octanol–water partition coefficient (Wildman–Crippen LogP) is -16.3. The quantitative estimate of drug-likeness (QED) is 0.158. The van der Waals surface area contributed by atoms with Crippen LogP contribution in [0, 0.1) is 0 Å². The summed E-state index contributed by atoms with van der Waals surface area (Å²) in [6, 6.07) is 0. The van der Waals surface area contributed by atoms with Crippen LogP contribution >= 0.6 is 0 Å². The molecule has 0 saturated heterocycles. The van der Waals surface area contributed by atoms with Crippen molar-refractivity contribution in [2.45, 2.75) is 51.4 Å². The Hall–Kier alpha value is 1.80. The van der Waals surface area contributed by atoms with Gasteiger partial charge in [0.2, 0.25) is 0 Å². The molecule has 10 nitrogen and oxygen atoms in total. The molecule has 0 heterocycles. The SMILES string of the molecule is O=C([O-])CCCN(CCCC(=O)[O-])CCN(CCCC(=O)[O-])CCCC(=O)[O-].[Na+].[Na+].[Na+].[Na+]. The van der Waals surface area contributed by atoms with E-state index in [0.29, 0.717) is 65.0 Å². The van der Waals surface area contributed by atoms with Crippen molar-refractivity contribution in [1.82, 2.24) is 9.80 Å². The van der Waals surface area contributed by atoms with Gasteiger partial charge in [-0.1, -0.05) is 0 Å². The molecule has 0 aromatic carbocycles. The minimum atomic E-state index is -1.15. The van der Waals surface area contributed by atoms with Gasteiger partial charge in [-0.25, -0.2) is 0 Å². The van der Waals surface area contributed by atoms with Crippen LogP contribution in [-0.4, -0.2) is 72.9 Å². The topological polar surface area (TPSA) is 167 Å². The Bertz CT molecular complexity index is 431. The zero-order valence-corrected chi connectivity index (χ0v) is 28.1. The van der Waals surface area contributed by atoms with Crippen molar-refractivity contribution in [3.05, 3.63) is 0 Å². The number of aliphatic carboxylic acids is 4. The Kier molecular flexibility index (Phi) is 39.8. The van der Waals surface area contributed by atoms with E-state index in [0.717, 1.165) is 0 Å². The van der Waals surface area contributed by atoms with Gasteiger partial charge in [0, 0.05) is 37.0 Å². The largest absolute Gasteiger partial charge is 1.00 e. The van der Waals surface area contributed by atoms with Gasteiger partial charge in [-0.2, -0.15) is 0 Å². The first-order valence-electron chi connectivity index (χ1n) is 9.44. The molecule has 0 bridgehead atoms. The third-order valence-electron chi connectivity index (χ3n) is 4.15. The number of hydrogen-bond donors (Lipinski definition) is 0. The molecule has 0 N–H and O–H groups in total. The fraction of sp³-hybridized carbons (Fsp3) is 0.778. The Morgan fingerprint density at radius 1 is 0.406 bits per heavy atom. The van der Waals surface area contributed by atoms with Gasteiger partial charge in [-0.3, -0.25) is 0 Å². The van der Waals surface area contributed by atoms with E-state index in [1.807, 2.05) is 9.80 Å². The number of carboxylic acids is 4. The molecule has 0 radical (unpaired) electrons. The average Bonchev–Trinajstić information content (AvgIpc) is 2.57. The Labute approximate surface area is 278 Å². The fourth-order valence-electron chi connectivity index (χ4n) is 2.74. The van der Waals surface area contributed by atoms with Gasteiger partial charge in [0.1, 0.15) is 0 Å². The van der Waals surface area contributed by atoms with E-state index in [9.17, 15) is 39.6 Å². The smallest absolute Gasteiger partial charge is 0.550 e. The van der Waals surface area contributed by atoms with Crippen LogP contribution in [0.4, 0.5) is 0 Å². The van der Waals surface area contributed by atoms with Crippen LogP contribution in [0.1, 0.15) is 51.4 Å². The second-order valence-electron chi connectivity index (χ2n) is 6.59. The predicted molar refractivity (Wildman–Crippen MR) is 89.8 cm³/mol. The molecule has 0 aromatic rings. The molecule has 162 valence electrons. The number of carbonyl (C=O) groups excluding carboxylic acids is 4. The maximum absolute atomic E-state index is 10.6. The van der Waals surface area contributed by atoms with Crippen molar-refractivity contribution in [3.63, 3.8) is 0 Å². The van der Waals surface area contributed by atoms with E-state index in [1.165, 1.54) is 0 Å². The maximum atomic E-state index is 10.6. The first kappa shape index (κ1) is 43.8. The molecule has 0 aliphatic carbocycles. The minimum absolute atomic E-state index is 0. The third kappa shape index (κ3) is 31.8. The number of carbonyl (C=O) groups is 4. The van der Waals surface area contributed by atoms with Gasteiger partial charge in [0.05, 0.1) is 0 Å². The summed E-state index contributed by atoms with van der Waals surface area (Å²) >= 11 is 0. The molecule has 14 heteroatoms. The molecule has 0 spiro atoms. The third-order valence-corrected chi connectivity index (χ3v) is 4.15. The van der Waals surface area contributed by atoms with Crippen LogP contribution in [0.15, 0.2) is 0 Å². The van der Waals surface area contributed by atoms with Gasteiger partial charge in [-0.05, 0) is 77.5 Å². The van der Waals surface area contributed by atoms with Gasteiger partial charge in [0.25, 0.3) is 0 Å². The molecule has 0 fully saturated rings. The first-order valence-corrected chi connectivity index (χ1v) is 9.44. The summed E-state index contributed by atoms with van der Waals surface area (Å²) in [6.45, 7) is 2.83. The van der Waals surface area contributed by atoms with Crippen LogP contribution in [0.25, 0.3) is 0 Å². The molecule has 0 aliphatic heterocycles. The van der Waals surface area contributed by atoms with Gasteiger partial charge in [0.15, 0.2) is 0 Å². The summed E-state index contributed by atoms with van der Waals surface area (Å²) in [7, 11) is 0. The second-order valence-corrected chi connectivity index (χ2v) is 6.59. The molecule has 32 heavy (non-hydrogen) atoms. The molecule has 0 aliphatic rings. The summed E-state index contributed by atoms with van der Waals surface area (Å²) in [4.78, 5) is 46.1. The summed E-state index contributed by atoms with van der Waals surface area (Å²) in [6.07, 6.45) is 1.06. The zero-order valence-electron chi connectivity index (χ0n) is 20.1. The van der Waals surface area contributed by atoms with E-state index in [-0.39, 0.29) is 144 Å². The van der Waals surface area contributed by atoms with Gasteiger partial charge in [-0.15, -0.1) is 0 Å². The van der Waals surface area contributed by atoms with Crippen molar-refractivity contribution in [2.24, 2.45) is 0 Å². The van der Waals surface area contributed by atoms with Crippen molar-refractivity contribution < 1.29 is 158 Å². The molecular formula is C18H28N2Na4O8. The van der Waals surface area contributed by atoms with Crippen molar-refractivity contribution in [1.29, 1.82) is 0 Å². The van der Waals surface area contributed by atoms with Crippen molar-refractivity contribution in [2.75, 3.05) is 39.3 Å². The first-order chi connectivity index (χ1) is 13.2. The summed E-state index contributed by atoms with van der Waals surface area (Å²) in [5.74, 6) is -4.61. The monoisotopic (exact) mass is 492 g/mol. The summed E-state index contributed by atoms with van der Waals surface area (Å²) in [5.41, 5.74) is 0. The zero-order chi connectivity index (χ0) is 21.4. The second kappa shape index (κ2) is 29.0. The van der Waals surface area contributed by atoms with E-state index < -0.39 is 23.9 Å². The molecule has 0 unspecified atom stereocenters. The number of carboxylic acid groups (broad SMARTS) is 4. The Balaban J connectivity index is -0.000000607. The van der Waals surface area contributed by atoms with E-state index in [4.69, 9.17) is 0 Å².